The number of nitrogens with zero attached hydrogens (tertiary/aromatic N) is 3. The molecule has 2 aliphatic rings. The molecule has 1 N–H and O–H groups in total. The van der Waals surface area contributed by atoms with Gasteiger partial charge >= 0.3 is 24.0 Å². The van der Waals surface area contributed by atoms with Gasteiger partial charge in [0.15, 0.2) is 0 Å². The zero-order chi connectivity index (χ0) is 25.2. The minimum Gasteiger partial charge on any atom is -0.330 e. The number of piperidine rings is 1. The van der Waals surface area contributed by atoms with Gasteiger partial charge in [0.05, 0.1) is 11.3 Å². The van der Waals surface area contributed by atoms with Crippen LogP contribution >= 0.6 is 0 Å². The van der Waals surface area contributed by atoms with Crippen LogP contribution in [-0.2, 0) is 22.3 Å². The molecular formula is C24H24F4N4O3. The number of alkyl halides is 3. The Morgan fingerprint density at radius 1 is 0.914 bits per heavy atom. The van der Waals surface area contributed by atoms with Crippen LogP contribution in [0.1, 0.15) is 24.0 Å². The van der Waals surface area contributed by atoms with Gasteiger partial charge in [-0.3, -0.25) is 9.59 Å². The number of amides is 4. The van der Waals surface area contributed by atoms with Gasteiger partial charge < -0.3 is 20.0 Å². The molecule has 2 fully saturated rings. The van der Waals surface area contributed by atoms with Crippen molar-refractivity contribution >= 4 is 23.5 Å². The predicted octanol–water partition coefficient (Wildman–Crippen LogP) is 3.71. The first-order chi connectivity index (χ1) is 16.6. The Balaban J connectivity index is 1.31. The average Bonchev–Trinajstić information content (AvgIpc) is 2.83. The summed E-state index contributed by atoms with van der Waals surface area (Å²) in [6, 6.07) is 9.59. The number of anilines is 1. The molecule has 2 aromatic carbocycles. The number of piperazine rings is 1. The zero-order valence-electron chi connectivity index (χ0n) is 18.7. The van der Waals surface area contributed by atoms with E-state index in [0.29, 0.717) is 31.5 Å². The highest BCUT2D eigenvalue weighted by Gasteiger charge is 2.38. The number of hydrogen-bond donors (Lipinski definition) is 1. The molecular weight excluding hydrogens is 468 g/mol. The van der Waals surface area contributed by atoms with E-state index in [1.165, 1.54) is 45.0 Å². The molecule has 0 unspecified atom stereocenters. The fourth-order valence-corrected chi connectivity index (χ4v) is 4.41. The van der Waals surface area contributed by atoms with Gasteiger partial charge in [0.2, 0.25) is 0 Å². The lowest BCUT2D eigenvalue weighted by Crippen LogP contribution is -2.59. The lowest BCUT2D eigenvalue weighted by Gasteiger charge is -2.42. The van der Waals surface area contributed by atoms with Gasteiger partial charge in [-0.05, 0) is 42.7 Å². The SMILES string of the molecule is O=C(Nc1ccccc1C(F)(F)F)N1CCC(N2CCN(Cc3ccc(F)cc3)C(=O)C2=O)CC1. The Kier molecular flexibility index (Phi) is 6.95. The third kappa shape index (κ3) is 5.55. The average molecular weight is 492 g/mol. The topological polar surface area (TPSA) is 73.0 Å². The molecule has 2 aliphatic heterocycles. The van der Waals surface area contributed by atoms with Crippen LogP contribution < -0.4 is 5.32 Å². The molecule has 11 heteroatoms. The smallest absolute Gasteiger partial charge is 0.330 e. The molecule has 0 spiro atoms. The number of carbonyl (C=O) groups is 3. The summed E-state index contributed by atoms with van der Waals surface area (Å²) in [5.74, 6) is -1.64. The number of benzene rings is 2. The van der Waals surface area contributed by atoms with E-state index in [4.69, 9.17) is 0 Å². The molecule has 0 radical (unpaired) electrons. The Morgan fingerprint density at radius 3 is 2.23 bits per heavy atom. The van der Waals surface area contributed by atoms with Crippen molar-refractivity contribution in [1.82, 2.24) is 14.7 Å². The summed E-state index contributed by atoms with van der Waals surface area (Å²) in [4.78, 5) is 42.3. The summed E-state index contributed by atoms with van der Waals surface area (Å²) in [5, 5.41) is 2.33. The van der Waals surface area contributed by atoms with E-state index in [1.807, 2.05) is 0 Å². The summed E-state index contributed by atoms with van der Waals surface area (Å²) in [5.41, 5.74) is -0.525. The first kappa shape index (κ1) is 24.5. The number of likely N-dealkylation sites (tertiary alicyclic amines) is 1. The highest BCUT2D eigenvalue weighted by atomic mass is 19.4. The van der Waals surface area contributed by atoms with Crippen LogP contribution in [0.5, 0.6) is 0 Å². The summed E-state index contributed by atoms with van der Waals surface area (Å²) in [6.07, 6.45) is -3.78. The standard InChI is InChI=1S/C24H24F4N4O3/c25-17-7-5-16(6-8-17)15-31-13-14-32(22(34)21(31)33)18-9-11-30(12-10-18)23(35)29-20-4-2-1-3-19(20)24(26,27)28/h1-8,18H,9-15H2,(H,29,35). The zero-order valence-corrected chi connectivity index (χ0v) is 18.7. The Morgan fingerprint density at radius 2 is 1.57 bits per heavy atom. The number of urea groups is 1. The molecule has 4 amide bonds. The van der Waals surface area contributed by atoms with E-state index >= 15 is 0 Å². The molecule has 0 aromatic heterocycles. The van der Waals surface area contributed by atoms with Crippen LogP contribution in [0.4, 0.5) is 28.0 Å². The first-order valence-corrected chi connectivity index (χ1v) is 11.2. The number of nitrogens with one attached hydrogen (secondary N) is 1. The maximum atomic E-state index is 13.2. The number of hydrogen-bond acceptors (Lipinski definition) is 3. The van der Waals surface area contributed by atoms with Gasteiger partial charge in [-0.1, -0.05) is 24.3 Å². The molecule has 0 atom stereocenters. The third-order valence-electron chi connectivity index (χ3n) is 6.30. The summed E-state index contributed by atoms with van der Waals surface area (Å²) in [7, 11) is 0. The van der Waals surface area contributed by atoms with Crippen LogP contribution in [0.2, 0.25) is 0 Å². The summed E-state index contributed by atoms with van der Waals surface area (Å²) in [6.45, 7) is 1.35. The highest BCUT2D eigenvalue weighted by molar-refractivity contribution is 6.35. The predicted molar refractivity (Wildman–Crippen MR) is 119 cm³/mol. The molecule has 2 heterocycles. The monoisotopic (exact) mass is 492 g/mol. The quantitative estimate of drug-likeness (QED) is 0.523. The second kappa shape index (κ2) is 9.93. The van der Waals surface area contributed by atoms with Crippen LogP contribution in [-0.4, -0.2) is 64.8 Å². The second-order valence-electron chi connectivity index (χ2n) is 8.54. The van der Waals surface area contributed by atoms with Crippen molar-refractivity contribution in [3.05, 3.63) is 65.5 Å². The highest BCUT2D eigenvalue weighted by Crippen LogP contribution is 2.34. The van der Waals surface area contributed by atoms with E-state index < -0.39 is 29.6 Å². The molecule has 7 nitrogen and oxygen atoms in total. The Hall–Kier alpha value is -3.63. The van der Waals surface area contributed by atoms with Crippen molar-refractivity contribution in [2.45, 2.75) is 31.6 Å². The van der Waals surface area contributed by atoms with Gasteiger partial charge in [-0.15, -0.1) is 0 Å². The fourth-order valence-electron chi connectivity index (χ4n) is 4.41. The number of para-hydroxylation sites is 1. The minimum atomic E-state index is -4.59. The van der Waals surface area contributed by atoms with Crippen molar-refractivity contribution in [3.63, 3.8) is 0 Å². The number of halogens is 4. The second-order valence-corrected chi connectivity index (χ2v) is 8.54. The van der Waals surface area contributed by atoms with Crippen molar-refractivity contribution in [2.75, 3.05) is 31.5 Å². The van der Waals surface area contributed by atoms with Gasteiger partial charge in [0.1, 0.15) is 5.82 Å². The van der Waals surface area contributed by atoms with Crippen molar-refractivity contribution in [3.8, 4) is 0 Å². The van der Waals surface area contributed by atoms with Gasteiger partial charge in [0.25, 0.3) is 0 Å². The Labute approximate surface area is 199 Å². The van der Waals surface area contributed by atoms with Crippen molar-refractivity contribution < 1.29 is 31.9 Å². The molecule has 0 bridgehead atoms. The van der Waals surface area contributed by atoms with Gasteiger partial charge in [-0.25, -0.2) is 9.18 Å². The lowest BCUT2D eigenvalue weighted by atomic mass is 10.0. The van der Waals surface area contributed by atoms with Crippen LogP contribution in [0.15, 0.2) is 48.5 Å². The van der Waals surface area contributed by atoms with Crippen LogP contribution in [0.25, 0.3) is 0 Å². The van der Waals surface area contributed by atoms with Crippen molar-refractivity contribution in [1.29, 1.82) is 0 Å². The fraction of sp³-hybridized carbons (Fsp3) is 0.375. The van der Waals surface area contributed by atoms with Crippen LogP contribution in [0.3, 0.4) is 0 Å². The molecule has 2 aromatic rings. The van der Waals surface area contributed by atoms with Crippen molar-refractivity contribution in [2.24, 2.45) is 0 Å². The van der Waals surface area contributed by atoms with E-state index in [9.17, 15) is 31.9 Å². The maximum Gasteiger partial charge on any atom is 0.418 e. The summed E-state index contributed by atoms with van der Waals surface area (Å²) >= 11 is 0. The lowest BCUT2D eigenvalue weighted by molar-refractivity contribution is -0.158. The largest absolute Gasteiger partial charge is 0.418 e. The van der Waals surface area contributed by atoms with Gasteiger partial charge in [-0.2, -0.15) is 13.2 Å². The van der Waals surface area contributed by atoms with Gasteiger partial charge in [0, 0.05) is 38.8 Å². The molecule has 0 aliphatic carbocycles. The van der Waals surface area contributed by atoms with Crippen LogP contribution in [0, 0.1) is 5.82 Å². The minimum absolute atomic E-state index is 0.205. The number of rotatable bonds is 4. The summed E-state index contributed by atoms with van der Waals surface area (Å²) < 4.78 is 52.6. The van der Waals surface area contributed by atoms with E-state index in [2.05, 4.69) is 5.32 Å². The molecule has 4 rings (SSSR count). The number of carbonyl (C=O) groups excluding carboxylic acids is 3. The Bertz CT molecular complexity index is 1100. The van der Waals surface area contributed by atoms with E-state index in [1.54, 1.807) is 12.1 Å². The molecule has 35 heavy (non-hydrogen) atoms. The third-order valence-corrected chi connectivity index (χ3v) is 6.30. The first-order valence-electron chi connectivity index (χ1n) is 11.2. The van der Waals surface area contributed by atoms with E-state index in [0.717, 1.165) is 6.07 Å². The molecule has 186 valence electrons. The molecule has 0 saturated carbocycles. The molecule has 2 saturated heterocycles. The normalized spacial score (nSPS) is 17.7. The maximum absolute atomic E-state index is 13.2. The van der Waals surface area contributed by atoms with E-state index in [-0.39, 0.29) is 37.2 Å².